The number of aryl methyl sites for hydroxylation is 2. The summed E-state index contributed by atoms with van der Waals surface area (Å²) in [4.78, 5) is 0. The fraction of sp³-hybridized carbons (Fsp3) is 0.500. The molecule has 0 saturated heterocycles. The largest absolute Gasteiger partial charge is 0.353 e. The summed E-state index contributed by atoms with van der Waals surface area (Å²) in [6.07, 6.45) is 4.76. The van der Waals surface area contributed by atoms with Crippen LogP contribution in [0.1, 0.15) is 5.56 Å². The van der Waals surface area contributed by atoms with E-state index in [-0.39, 0.29) is 0 Å². The monoisotopic (exact) mass is 207 g/mol. The zero-order chi connectivity index (χ0) is 10.7. The van der Waals surface area contributed by atoms with E-state index < -0.39 is 0 Å². The minimum absolute atomic E-state index is 0.680. The van der Waals surface area contributed by atoms with E-state index in [0.29, 0.717) is 5.95 Å². The molecule has 2 aromatic heterocycles. The van der Waals surface area contributed by atoms with Gasteiger partial charge in [-0.2, -0.15) is 5.10 Å². The van der Waals surface area contributed by atoms with E-state index >= 15 is 0 Å². The van der Waals surface area contributed by atoms with Gasteiger partial charge in [-0.3, -0.25) is 4.68 Å². The maximum atomic E-state index is 4.09. The Bertz CT molecular complexity index is 430. The average molecular weight is 207 g/mol. The van der Waals surface area contributed by atoms with Gasteiger partial charge in [0.25, 0.3) is 0 Å². The topological polar surface area (TPSA) is 73.5 Å². The van der Waals surface area contributed by atoms with Crippen molar-refractivity contribution in [3.8, 4) is 0 Å². The molecule has 7 nitrogen and oxygen atoms in total. The molecule has 0 aliphatic heterocycles. The third-order valence-electron chi connectivity index (χ3n) is 2.08. The highest BCUT2D eigenvalue weighted by Crippen LogP contribution is 1.99. The standard InChI is InChI=1S/C8H13N7/c1-14-6-7(5-10-14)3-4-9-8-11-12-13-15(8)2/h5-6H,3-4H2,1-2H3,(H,9,11,13). The molecule has 0 aromatic carbocycles. The van der Waals surface area contributed by atoms with Gasteiger partial charge in [0.2, 0.25) is 5.95 Å². The molecular weight excluding hydrogens is 194 g/mol. The van der Waals surface area contributed by atoms with Gasteiger partial charge in [-0.25, -0.2) is 4.68 Å². The molecule has 0 amide bonds. The first-order valence-corrected chi connectivity index (χ1v) is 4.69. The van der Waals surface area contributed by atoms with E-state index in [9.17, 15) is 0 Å². The fourth-order valence-corrected chi connectivity index (χ4v) is 1.30. The van der Waals surface area contributed by atoms with E-state index in [2.05, 4.69) is 25.9 Å². The van der Waals surface area contributed by atoms with Crippen molar-refractivity contribution in [2.75, 3.05) is 11.9 Å². The van der Waals surface area contributed by atoms with Crippen LogP contribution in [0, 0.1) is 0 Å². The maximum absolute atomic E-state index is 4.09. The summed E-state index contributed by atoms with van der Waals surface area (Å²) in [5, 5.41) is 18.3. The van der Waals surface area contributed by atoms with Crippen LogP contribution < -0.4 is 5.32 Å². The molecule has 0 fully saturated rings. The van der Waals surface area contributed by atoms with Gasteiger partial charge < -0.3 is 5.32 Å². The molecule has 0 spiro atoms. The molecule has 7 heteroatoms. The van der Waals surface area contributed by atoms with Crippen molar-refractivity contribution in [2.45, 2.75) is 6.42 Å². The SMILES string of the molecule is Cn1cc(CCNc2nnnn2C)cn1. The van der Waals surface area contributed by atoms with Crippen molar-refractivity contribution in [1.29, 1.82) is 0 Å². The van der Waals surface area contributed by atoms with Gasteiger partial charge in [-0.15, -0.1) is 0 Å². The van der Waals surface area contributed by atoms with Gasteiger partial charge >= 0.3 is 0 Å². The van der Waals surface area contributed by atoms with Gasteiger partial charge in [-0.1, -0.05) is 5.10 Å². The second-order valence-corrected chi connectivity index (χ2v) is 3.33. The first-order valence-electron chi connectivity index (χ1n) is 4.69. The first-order chi connectivity index (χ1) is 7.25. The molecule has 0 unspecified atom stereocenters. The number of nitrogens with one attached hydrogen (secondary N) is 1. The zero-order valence-electron chi connectivity index (χ0n) is 8.75. The highest BCUT2D eigenvalue weighted by atomic mass is 15.6. The predicted molar refractivity (Wildman–Crippen MR) is 54.2 cm³/mol. The second-order valence-electron chi connectivity index (χ2n) is 3.33. The van der Waals surface area contributed by atoms with Gasteiger partial charge in [0.15, 0.2) is 0 Å². The number of anilines is 1. The fourth-order valence-electron chi connectivity index (χ4n) is 1.30. The number of nitrogens with zero attached hydrogens (tertiary/aromatic N) is 6. The van der Waals surface area contributed by atoms with E-state index in [4.69, 9.17) is 0 Å². The Morgan fingerprint density at radius 1 is 1.40 bits per heavy atom. The summed E-state index contributed by atoms with van der Waals surface area (Å²) in [6, 6.07) is 0. The van der Waals surface area contributed by atoms with Crippen LogP contribution in [0.3, 0.4) is 0 Å². The molecule has 2 aromatic rings. The molecule has 80 valence electrons. The van der Waals surface area contributed by atoms with Crippen LogP contribution in [-0.2, 0) is 20.5 Å². The van der Waals surface area contributed by atoms with Crippen molar-refractivity contribution in [3.63, 3.8) is 0 Å². The van der Waals surface area contributed by atoms with Crippen LogP contribution in [-0.4, -0.2) is 36.5 Å². The molecule has 2 heterocycles. The molecule has 1 N–H and O–H groups in total. The second kappa shape index (κ2) is 4.07. The van der Waals surface area contributed by atoms with Gasteiger partial charge in [0.05, 0.1) is 6.20 Å². The Labute approximate surface area is 87.1 Å². The third kappa shape index (κ3) is 2.30. The molecule has 0 aliphatic carbocycles. The lowest BCUT2D eigenvalue weighted by Crippen LogP contribution is -2.09. The van der Waals surface area contributed by atoms with Crippen molar-refractivity contribution in [1.82, 2.24) is 30.0 Å². The number of hydrogen-bond donors (Lipinski definition) is 1. The van der Waals surface area contributed by atoms with E-state index in [1.807, 2.05) is 19.4 Å². The average Bonchev–Trinajstić information content (AvgIpc) is 2.77. The Hall–Kier alpha value is -1.92. The highest BCUT2D eigenvalue weighted by Gasteiger charge is 2.00. The Morgan fingerprint density at radius 3 is 2.87 bits per heavy atom. The van der Waals surface area contributed by atoms with Gasteiger partial charge in [-0.05, 0) is 22.4 Å². The number of rotatable bonds is 4. The third-order valence-corrected chi connectivity index (χ3v) is 2.08. The van der Waals surface area contributed by atoms with Crippen LogP contribution in [0.15, 0.2) is 12.4 Å². The minimum Gasteiger partial charge on any atom is -0.353 e. The summed E-state index contributed by atoms with van der Waals surface area (Å²) < 4.78 is 3.39. The van der Waals surface area contributed by atoms with Crippen LogP contribution in [0.2, 0.25) is 0 Å². The lowest BCUT2D eigenvalue weighted by molar-refractivity contribution is 0.712. The number of hydrogen-bond acceptors (Lipinski definition) is 5. The van der Waals surface area contributed by atoms with Crippen LogP contribution in [0.5, 0.6) is 0 Å². The quantitative estimate of drug-likeness (QED) is 0.738. The summed E-state index contributed by atoms with van der Waals surface area (Å²) in [7, 11) is 3.70. The Kier molecular flexibility index (Phi) is 2.61. The number of aromatic nitrogens is 6. The van der Waals surface area contributed by atoms with Crippen LogP contribution >= 0.6 is 0 Å². The van der Waals surface area contributed by atoms with Crippen molar-refractivity contribution < 1.29 is 0 Å². The maximum Gasteiger partial charge on any atom is 0.242 e. The lowest BCUT2D eigenvalue weighted by atomic mass is 10.2. The summed E-state index contributed by atoms with van der Waals surface area (Å²) in [5.74, 6) is 0.680. The molecule has 2 rings (SSSR count). The number of tetrazole rings is 1. The molecular formula is C8H13N7. The van der Waals surface area contributed by atoms with Crippen LogP contribution in [0.25, 0.3) is 0 Å². The van der Waals surface area contributed by atoms with E-state index in [0.717, 1.165) is 13.0 Å². The molecule has 0 saturated carbocycles. The Morgan fingerprint density at radius 2 is 2.27 bits per heavy atom. The highest BCUT2D eigenvalue weighted by molar-refractivity contribution is 5.21. The Balaban J connectivity index is 1.83. The van der Waals surface area contributed by atoms with Crippen molar-refractivity contribution >= 4 is 5.95 Å². The van der Waals surface area contributed by atoms with Gasteiger partial charge in [0.1, 0.15) is 0 Å². The predicted octanol–water partition coefficient (Wildman–Crippen LogP) is -0.402. The first kappa shape index (κ1) is 9.63. The summed E-state index contributed by atoms with van der Waals surface area (Å²) in [6.45, 7) is 0.792. The van der Waals surface area contributed by atoms with Crippen molar-refractivity contribution in [3.05, 3.63) is 18.0 Å². The van der Waals surface area contributed by atoms with Gasteiger partial charge in [0, 0.05) is 26.8 Å². The minimum atomic E-state index is 0.680. The van der Waals surface area contributed by atoms with Crippen LogP contribution in [0.4, 0.5) is 5.95 Å². The van der Waals surface area contributed by atoms with E-state index in [1.165, 1.54) is 5.56 Å². The molecule has 0 atom stereocenters. The van der Waals surface area contributed by atoms with Crippen molar-refractivity contribution in [2.24, 2.45) is 14.1 Å². The molecule has 0 radical (unpaired) electrons. The lowest BCUT2D eigenvalue weighted by Gasteiger charge is -2.01. The normalized spacial score (nSPS) is 10.5. The van der Waals surface area contributed by atoms with E-state index in [1.54, 1.807) is 16.4 Å². The summed E-state index contributed by atoms with van der Waals surface area (Å²) in [5.41, 5.74) is 1.19. The molecule has 0 bridgehead atoms. The molecule has 0 aliphatic rings. The summed E-state index contributed by atoms with van der Waals surface area (Å²) >= 11 is 0. The zero-order valence-corrected chi connectivity index (χ0v) is 8.75. The smallest absolute Gasteiger partial charge is 0.242 e. The molecule has 15 heavy (non-hydrogen) atoms.